The fourth-order valence-electron chi connectivity index (χ4n) is 1.46. The van der Waals surface area contributed by atoms with E-state index in [1.165, 1.54) is 12.5 Å². The lowest BCUT2D eigenvalue weighted by atomic mass is 10.0. The van der Waals surface area contributed by atoms with Crippen LogP contribution in [0.1, 0.15) is 22.8 Å². The SMILES string of the molecule is Cc1ccc(C(O)c2ccoc2)c(Cl)c1. The Morgan fingerprint density at radius 2 is 2.13 bits per heavy atom. The number of furan rings is 1. The fraction of sp³-hybridized carbons (Fsp3) is 0.167. The number of benzene rings is 1. The normalized spacial score (nSPS) is 12.7. The van der Waals surface area contributed by atoms with Crippen LogP contribution in [-0.2, 0) is 0 Å². The second-order valence-electron chi connectivity index (χ2n) is 3.48. The molecule has 0 saturated carbocycles. The molecule has 2 rings (SSSR count). The van der Waals surface area contributed by atoms with Gasteiger partial charge in [0.1, 0.15) is 6.10 Å². The Balaban J connectivity index is 2.38. The highest BCUT2D eigenvalue weighted by molar-refractivity contribution is 6.31. The maximum Gasteiger partial charge on any atom is 0.109 e. The number of rotatable bonds is 2. The molecular weight excluding hydrogens is 212 g/mol. The third-order valence-corrected chi connectivity index (χ3v) is 2.64. The van der Waals surface area contributed by atoms with Gasteiger partial charge in [-0.25, -0.2) is 0 Å². The Hall–Kier alpha value is -1.25. The molecule has 78 valence electrons. The highest BCUT2D eigenvalue weighted by atomic mass is 35.5. The summed E-state index contributed by atoms with van der Waals surface area (Å²) in [6.45, 7) is 1.96. The van der Waals surface area contributed by atoms with E-state index in [4.69, 9.17) is 16.0 Å². The molecule has 0 aliphatic heterocycles. The highest BCUT2D eigenvalue weighted by Crippen LogP contribution is 2.28. The third-order valence-electron chi connectivity index (χ3n) is 2.31. The number of hydrogen-bond donors (Lipinski definition) is 1. The predicted octanol–water partition coefficient (Wildman–Crippen LogP) is 3.32. The van der Waals surface area contributed by atoms with Crippen LogP contribution in [0.4, 0.5) is 0 Å². The van der Waals surface area contributed by atoms with Gasteiger partial charge in [0.2, 0.25) is 0 Å². The monoisotopic (exact) mass is 222 g/mol. The van der Waals surface area contributed by atoms with Crippen LogP contribution in [-0.4, -0.2) is 5.11 Å². The minimum Gasteiger partial charge on any atom is -0.472 e. The van der Waals surface area contributed by atoms with Gasteiger partial charge in [-0.3, -0.25) is 0 Å². The summed E-state index contributed by atoms with van der Waals surface area (Å²) in [6.07, 6.45) is 2.32. The average Bonchev–Trinajstić information content (AvgIpc) is 2.69. The van der Waals surface area contributed by atoms with Crippen molar-refractivity contribution < 1.29 is 9.52 Å². The largest absolute Gasteiger partial charge is 0.472 e. The lowest BCUT2D eigenvalue weighted by Gasteiger charge is -2.11. The van der Waals surface area contributed by atoms with Crippen molar-refractivity contribution >= 4 is 11.6 Å². The zero-order valence-electron chi connectivity index (χ0n) is 8.27. The molecule has 0 saturated heterocycles. The number of aliphatic hydroxyl groups is 1. The van der Waals surface area contributed by atoms with Gasteiger partial charge in [0, 0.05) is 16.1 Å². The van der Waals surface area contributed by atoms with E-state index in [-0.39, 0.29) is 0 Å². The standard InChI is InChI=1S/C12H11ClO2/c1-8-2-3-10(11(13)6-8)12(14)9-4-5-15-7-9/h2-7,12,14H,1H3. The first-order valence-electron chi connectivity index (χ1n) is 4.64. The van der Waals surface area contributed by atoms with Crippen molar-refractivity contribution in [2.45, 2.75) is 13.0 Å². The van der Waals surface area contributed by atoms with Crippen molar-refractivity contribution in [3.05, 3.63) is 58.5 Å². The van der Waals surface area contributed by atoms with Crippen LogP contribution in [0.2, 0.25) is 5.02 Å². The lowest BCUT2D eigenvalue weighted by Crippen LogP contribution is -1.98. The molecule has 3 heteroatoms. The number of hydrogen-bond acceptors (Lipinski definition) is 2. The summed E-state index contributed by atoms with van der Waals surface area (Å²) in [7, 11) is 0. The van der Waals surface area contributed by atoms with Crippen LogP contribution in [0.15, 0.2) is 41.2 Å². The van der Waals surface area contributed by atoms with Gasteiger partial charge < -0.3 is 9.52 Å². The third kappa shape index (κ3) is 2.06. The second-order valence-corrected chi connectivity index (χ2v) is 3.89. The van der Waals surface area contributed by atoms with E-state index in [1.807, 2.05) is 25.1 Å². The first-order chi connectivity index (χ1) is 7.18. The Kier molecular flexibility index (Phi) is 2.80. The molecule has 1 N–H and O–H groups in total. The molecule has 0 aliphatic carbocycles. The molecular formula is C12H11ClO2. The van der Waals surface area contributed by atoms with E-state index >= 15 is 0 Å². The summed E-state index contributed by atoms with van der Waals surface area (Å²) in [5.41, 5.74) is 2.48. The fourth-order valence-corrected chi connectivity index (χ4v) is 1.80. The first-order valence-corrected chi connectivity index (χ1v) is 5.02. The van der Waals surface area contributed by atoms with E-state index in [0.29, 0.717) is 16.1 Å². The van der Waals surface area contributed by atoms with Crippen LogP contribution in [0, 0.1) is 6.92 Å². The molecule has 0 aliphatic rings. The van der Waals surface area contributed by atoms with Gasteiger partial charge in [-0.1, -0.05) is 23.7 Å². The van der Waals surface area contributed by atoms with E-state index in [1.54, 1.807) is 6.07 Å². The van der Waals surface area contributed by atoms with E-state index < -0.39 is 6.10 Å². The van der Waals surface area contributed by atoms with Crippen LogP contribution in [0.3, 0.4) is 0 Å². The Morgan fingerprint density at radius 1 is 1.33 bits per heavy atom. The molecule has 2 nitrogen and oxygen atoms in total. The molecule has 0 bridgehead atoms. The quantitative estimate of drug-likeness (QED) is 0.846. The Labute approximate surface area is 93.1 Å². The van der Waals surface area contributed by atoms with E-state index in [2.05, 4.69) is 0 Å². The summed E-state index contributed by atoms with van der Waals surface area (Å²) in [4.78, 5) is 0. The molecule has 0 fully saturated rings. The summed E-state index contributed by atoms with van der Waals surface area (Å²) >= 11 is 6.05. The van der Waals surface area contributed by atoms with Crippen molar-refractivity contribution in [2.75, 3.05) is 0 Å². The highest BCUT2D eigenvalue weighted by Gasteiger charge is 2.14. The minimum atomic E-state index is -0.725. The number of halogens is 1. The van der Waals surface area contributed by atoms with Crippen molar-refractivity contribution in [1.82, 2.24) is 0 Å². The predicted molar refractivity (Wildman–Crippen MR) is 59.0 cm³/mol. The second kappa shape index (κ2) is 4.09. The maximum absolute atomic E-state index is 10.0. The molecule has 2 aromatic rings. The molecule has 1 atom stereocenters. The van der Waals surface area contributed by atoms with Gasteiger partial charge in [0.25, 0.3) is 0 Å². The summed E-state index contributed by atoms with van der Waals surface area (Å²) < 4.78 is 4.92. The Bertz CT molecular complexity index is 449. The zero-order valence-corrected chi connectivity index (χ0v) is 9.03. The summed E-state index contributed by atoms with van der Waals surface area (Å²) in [5.74, 6) is 0. The van der Waals surface area contributed by atoms with Crippen molar-refractivity contribution in [1.29, 1.82) is 0 Å². The smallest absolute Gasteiger partial charge is 0.109 e. The van der Waals surface area contributed by atoms with Gasteiger partial charge >= 0.3 is 0 Å². The maximum atomic E-state index is 10.0. The van der Waals surface area contributed by atoms with E-state index in [0.717, 1.165) is 5.56 Å². The molecule has 1 unspecified atom stereocenters. The number of aryl methyl sites for hydroxylation is 1. The average molecular weight is 223 g/mol. The number of aliphatic hydroxyl groups excluding tert-OH is 1. The molecule has 1 aromatic heterocycles. The summed E-state index contributed by atoms with van der Waals surface area (Å²) in [5, 5.41) is 10.6. The van der Waals surface area contributed by atoms with Crippen LogP contribution in [0.25, 0.3) is 0 Å². The first kappa shape index (κ1) is 10.3. The van der Waals surface area contributed by atoms with Gasteiger partial charge in [0.05, 0.1) is 12.5 Å². The van der Waals surface area contributed by atoms with Gasteiger partial charge in [-0.15, -0.1) is 0 Å². The van der Waals surface area contributed by atoms with Crippen LogP contribution < -0.4 is 0 Å². The summed E-state index contributed by atoms with van der Waals surface area (Å²) in [6, 6.07) is 7.31. The van der Waals surface area contributed by atoms with Crippen molar-refractivity contribution in [3.63, 3.8) is 0 Å². The van der Waals surface area contributed by atoms with Crippen molar-refractivity contribution in [2.24, 2.45) is 0 Å². The molecule has 1 aromatic carbocycles. The molecule has 0 amide bonds. The van der Waals surface area contributed by atoms with Crippen LogP contribution >= 0.6 is 11.6 Å². The topological polar surface area (TPSA) is 33.4 Å². The molecule has 0 spiro atoms. The lowest BCUT2D eigenvalue weighted by molar-refractivity contribution is 0.219. The van der Waals surface area contributed by atoms with Gasteiger partial charge in [-0.2, -0.15) is 0 Å². The Morgan fingerprint density at radius 3 is 2.73 bits per heavy atom. The van der Waals surface area contributed by atoms with Gasteiger partial charge in [0.15, 0.2) is 0 Å². The van der Waals surface area contributed by atoms with E-state index in [9.17, 15) is 5.11 Å². The molecule has 1 heterocycles. The zero-order chi connectivity index (χ0) is 10.8. The molecule has 15 heavy (non-hydrogen) atoms. The minimum absolute atomic E-state index is 0.573. The van der Waals surface area contributed by atoms with Gasteiger partial charge in [-0.05, 0) is 24.6 Å². The van der Waals surface area contributed by atoms with Crippen LogP contribution in [0.5, 0.6) is 0 Å². The van der Waals surface area contributed by atoms with Crippen molar-refractivity contribution in [3.8, 4) is 0 Å². The molecule has 0 radical (unpaired) electrons.